The van der Waals surface area contributed by atoms with E-state index >= 15 is 0 Å². The standard InChI is InChI=1S/C8H17NO/c1-8(9)5-3-2-4-7(8)6-10/h7,10H,2-6,9H2,1H3/t7-,8-/m1/s1. The van der Waals surface area contributed by atoms with Gasteiger partial charge in [0.2, 0.25) is 0 Å². The van der Waals surface area contributed by atoms with E-state index in [1.54, 1.807) is 0 Å². The Morgan fingerprint density at radius 1 is 1.60 bits per heavy atom. The molecule has 0 bridgehead atoms. The molecule has 0 saturated heterocycles. The van der Waals surface area contributed by atoms with E-state index in [9.17, 15) is 0 Å². The molecule has 2 nitrogen and oxygen atoms in total. The SMILES string of the molecule is C[C@@]1(N)CCCC[C@@H]1CO. The van der Waals surface area contributed by atoms with Crippen LogP contribution in [0.3, 0.4) is 0 Å². The van der Waals surface area contributed by atoms with E-state index in [1.165, 1.54) is 12.8 Å². The van der Waals surface area contributed by atoms with Gasteiger partial charge in [-0.05, 0) is 25.7 Å². The molecule has 0 unspecified atom stereocenters. The molecule has 0 heterocycles. The van der Waals surface area contributed by atoms with Gasteiger partial charge in [-0.25, -0.2) is 0 Å². The largest absolute Gasteiger partial charge is 0.396 e. The highest BCUT2D eigenvalue weighted by molar-refractivity contribution is 4.89. The smallest absolute Gasteiger partial charge is 0.0476 e. The second kappa shape index (κ2) is 2.89. The van der Waals surface area contributed by atoms with E-state index in [1.807, 2.05) is 6.92 Å². The summed E-state index contributed by atoms with van der Waals surface area (Å²) in [4.78, 5) is 0. The van der Waals surface area contributed by atoms with Crippen LogP contribution in [0.2, 0.25) is 0 Å². The van der Waals surface area contributed by atoms with Gasteiger partial charge in [0, 0.05) is 12.1 Å². The van der Waals surface area contributed by atoms with E-state index in [2.05, 4.69) is 0 Å². The molecule has 0 aromatic carbocycles. The Morgan fingerprint density at radius 2 is 2.30 bits per heavy atom. The van der Waals surface area contributed by atoms with Crippen molar-refractivity contribution in [2.24, 2.45) is 11.7 Å². The van der Waals surface area contributed by atoms with E-state index < -0.39 is 0 Å². The molecule has 0 spiro atoms. The summed E-state index contributed by atoms with van der Waals surface area (Å²) >= 11 is 0. The van der Waals surface area contributed by atoms with Gasteiger partial charge in [-0.2, -0.15) is 0 Å². The molecule has 0 aromatic heterocycles. The van der Waals surface area contributed by atoms with Crippen LogP contribution in [0.5, 0.6) is 0 Å². The monoisotopic (exact) mass is 143 g/mol. The van der Waals surface area contributed by atoms with E-state index in [-0.39, 0.29) is 12.1 Å². The molecule has 1 saturated carbocycles. The summed E-state index contributed by atoms with van der Waals surface area (Å²) in [6, 6.07) is 0. The summed E-state index contributed by atoms with van der Waals surface area (Å²) < 4.78 is 0. The minimum Gasteiger partial charge on any atom is -0.396 e. The maximum Gasteiger partial charge on any atom is 0.0476 e. The number of nitrogens with two attached hydrogens (primary N) is 1. The highest BCUT2D eigenvalue weighted by atomic mass is 16.3. The number of rotatable bonds is 1. The fraction of sp³-hybridized carbons (Fsp3) is 1.00. The highest BCUT2D eigenvalue weighted by Gasteiger charge is 2.31. The minimum absolute atomic E-state index is 0.104. The molecule has 2 heteroatoms. The lowest BCUT2D eigenvalue weighted by Gasteiger charge is -2.37. The molecule has 0 aliphatic heterocycles. The third-order valence-electron chi connectivity index (χ3n) is 2.67. The van der Waals surface area contributed by atoms with Gasteiger partial charge in [0.25, 0.3) is 0 Å². The summed E-state index contributed by atoms with van der Waals surface area (Å²) in [6.07, 6.45) is 4.63. The van der Waals surface area contributed by atoms with Crippen molar-refractivity contribution in [3.8, 4) is 0 Å². The first-order valence-corrected chi connectivity index (χ1v) is 4.06. The van der Waals surface area contributed by atoms with Crippen molar-refractivity contribution < 1.29 is 5.11 Å². The molecule has 2 atom stereocenters. The van der Waals surface area contributed by atoms with Gasteiger partial charge in [0.1, 0.15) is 0 Å². The maximum atomic E-state index is 8.95. The Bertz CT molecular complexity index is 112. The third kappa shape index (κ3) is 1.50. The number of aliphatic hydroxyl groups is 1. The van der Waals surface area contributed by atoms with Crippen LogP contribution in [0.15, 0.2) is 0 Å². The van der Waals surface area contributed by atoms with Crippen LogP contribution >= 0.6 is 0 Å². The average Bonchev–Trinajstić information content (AvgIpc) is 1.87. The molecule has 0 amide bonds. The van der Waals surface area contributed by atoms with Gasteiger partial charge < -0.3 is 10.8 Å². The molecule has 1 rings (SSSR count). The predicted octanol–water partition coefficient (Wildman–Crippen LogP) is 0.886. The van der Waals surface area contributed by atoms with Crippen molar-refractivity contribution >= 4 is 0 Å². The lowest BCUT2D eigenvalue weighted by Crippen LogP contribution is -2.47. The van der Waals surface area contributed by atoms with Crippen LogP contribution in [0.25, 0.3) is 0 Å². The highest BCUT2D eigenvalue weighted by Crippen LogP contribution is 2.30. The van der Waals surface area contributed by atoms with Crippen LogP contribution in [-0.4, -0.2) is 17.3 Å². The van der Waals surface area contributed by atoms with Crippen molar-refractivity contribution in [1.82, 2.24) is 0 Å². The second-order valence-electron chi connectivity index (χ2n) is 3.63. The Hall–Kier alpha value is -0.0800. The summed E-state index contributed by atoms with van der Waals surface area (Å²) in [5.74, 6) is 0.334. The minimum atomic E-state index is -0.104. The first-order valence-electron chi connectivity index (χ1n) is 4.06. The molecule has 3 N–H and O–H groups in total. The molecular weight excluding hydrogens is 126 g/mol. The molecule has 10 heavy (non-hydrogen) atoms. The van der Waals surface area contributed by atoms with Gasteiger partial charge in [-0.3, -0.25) is 0 Å². The van der Waals surface area contributed by atoms with E-state index in [0.717, 1.165) is 12.8 Å². The molecule has 0 aromatic rings. The molecule has 1 fully saturated rings. The summed E-state index contributed by atoms with van der Waals surface area (Å²) in [7, 11) is 0. The normalized spacial score (nSPS) is 41.7. The average molecular weight is 143 g/mol. The predicted molar refractivity (Wildman–Crippen MR) is 41.6 cm³/mol. The first kappa shape index (κ1) is 8.02. The zero-order valence-corrected chi connectivity index (χ0v) is 6.64. The van der Waals surface area contributed by atoms with Crippen molar-refractivity contribution in [2.45, 2.75) is 38.1 Å². The van der Waals surface area contributed by atoms with Crippen molar-refractivity contribution in [2.75, 3.05) is 6.61 Å². The topological polar surface area (TPSA) is 46.2 Å². The van der Waals surface area contributed by atoms with Gasteiger partial charge in [0.15, 0.2) is 0 Å². The van der Waals surface area contributed by atoms with Crippen LogP contribution in [0.1, 0.15) is 32.6 Å². The zero-order chi connectivity index (χ0) is 7.61. The second-order valence-corrected chi connectivity index (χ2v) is 3.63. The van der Waals surface area contributed by atoms with Gasteiger partial charge in [-0.15, -0.1) is 0 Å². The number of hydrogen-bond acceptors (Lipinski definition) is 2. The Labute approximate surface area is 62.4 Å². The molecular formula is C8H17NO. The Morgan fingerprint density at radius 3 is 2.70 bits per heavy atom. The Balaban J connectivity index is 2.51. The molecule has 60 valence electrons. The van der Waals surface area contributed by atoms with Crippen LogP contribution in [0.4, 0.5) is 0 Å². The van der Waals surface area contributed by atoms with Crippen molar-refractivity contribution in [3.63, 3.8) is 0 Å². The zero-order valence-electron chi connectivity index (χ0n) is 6.64. The first-order chi connectivity index (χ1) is 4.67. The third-order valence-corrected chi connectivity index (χ3v) is 2.67. The van der Waals surface area contributed by atoms with Crippen LogP contribution in [-0.2, 0) is 0 Å². The van der Waals surface area contributed by atoms with E-state index in [0.29, 0.717) is 5.92 Å². The Kier molecular flexibility index (Phi) is 2.32. The van der Waals surface area contributed by atoms with Crippen LogP contribution < -0.4 is 5.73 Å². The molecule has 1 aliphatic carbocycles. The fourth-order valence-corrected chi connectivity index (χ4v) is 1.73. The maximum absolute atomic E-state index is 8.95. The number of aliphatic hydroxyl groups excluding tert-OH is 1. The molecule has 0 radical (unpaired) electrons. The van der Waals surface area contributed by atoms with Crippen LogP contribution in [0, 0.1) is 5.92 Å². The van der Waals surface area contributed by atoms with Gasteiger partial charge in [-0.1, -0.05) is 12.8 Å². The number of hydrogen-bond donors (Lipinski definition) is 2. The van der Waals surface area contributed by atoms with Gasteiger partial charge in [0.05, 0.1) is 0 Å². The molecule has 1 aliphatic rings. The van der Waals surface area contributed by atoms with E-state index in [4.69, 9.17) is 10.8 Å². The van der Waals surface area contributed by atoms with Gasteiger partial charge >= 0.3 is 0 Å². The summed E-state index contributed by atoms with van der Waals surface area (Å²) in [5, 5.41) is 8.95. The lowest BCUT2D eigenvalue weighted by molar-refractivity contribution is 0.120. The lowest BCUT2D eigenvalue weighted by atomic mass is 9.75. The summed E-state index contributed by atoms with van der Waals surface area (Å²) in [5.41, 5.74) is 5.87. The summed E-state index contributed by atoms with van der Waals surface area (Å²) in [6.45, 7) is 2.31. The fourth-order valence-electron chi connectivity index (χ4n) is 1.73. The quantitative estimate of drug-likeness (QED) is 0.572. The van der Waals surface area contributed by atoms with Crippen molar-refractivity contribution in [3.05, 3.63) is 0 Å². The van der Waals surface area contributed by atoms with Crippen molar-refractivity contribution in [1.29, 1.82) is 0 Å².